The third-order valence-electron chi connectivity index (χ3n) is 8.41. The third kappa shape index (κ3) is 3.27. The number of aryl methyl sites for hydroxylation is 2. The molecule has 0 aromatic heterocycles. The Bertz CT molecular complexity index is 1530. The van der Waals surface area contributed by atoms with Gasteiger partial charge in [0.25, 0.3) is 0 Å². The van der Waals surface area contributed by atoms with Crippen molar-refractivity contribution in [3.63, 3.8) is 0 Å². The number of nitrogens with zero attached hydrogens (tertiary/aromatic N) is 1. The molecule has 0 radical (unpaired) electrons. The number of rotatable bonds is 3. The summed E-state index contributed by atoms with van der Waals surface area (Å²) in [6.07, 6.45) is 4.06. The Morgan fingerprint density at radius 1 is 0.921 bits per heavy atom. The SMILES string of the molecule is Cc1ccc(C(=O)[C@@H]2[C@H](C(=O)C(C)(C)C)N3c4ccc(C)cc4C=C[C@H]3[C@@]23C(=O)Nc2ccccc23)cc1. The molecule has 3 heterocycles. The van der Waals surface area contributed by atoms with E-state index in [4.69, 9.17) is 0 Å². The van der Waals surface area contributed by atoms with Gasteiger partial charge in [-0.1, -0.05) is 92.6 Å². The molecule has 3 aliphatic rings. The molecule has 0 unspecified atom stereocenters. The van der Waals surface area contributed by atoms with Crippen LogP contribution in [0.25, 0.3) is 6.08 Å². The molecule has 4 atom stereocenters. The highest BCUT2D eigenvalue weighted by Crippen LogP contribution is 2.58. The molecule has 3 aromatic rings. The fraction of sp³-hybridized carbons (Fsp3) is 0.303. The van der Waals surface area contributed by atoms with Crippen LogP contribution in [0.15, 0.2) is 72.8 Å². The Hall–Kier alpha value is -3.99. The maximum absolute atomic E-state index is 14.6. The van der Waals surface area contributed by atoms with Crippen molar-refractivity contribution in [2.24, 2.45) is 11.3 Å². The van der Waals surface area contributed by atoms with E-state index in [0.717, 1.165) is 27.9 Å². The lowest BCUT2D eigenvalue weighted by atomic mass is 9.63. The highest BCUT2D eigenvalue weighted by atomic mass is 16.2. The second kappa shape index (κ2) is 8.26. The van der Waals surface area contributed by atoms with Gasteiger partial charge in [0, 0.05) is 22.4 Å². The molecule has 6 rings (SSSR count). The molecule has 5 heteroatoms. The van der Waals surface area contributed by atoms with Gasteiger partial charge in [0.2, 0.25) is 5.91 Å². The van der Waals surface area contributed by atoms with Crippen LogP contribution in [0.5, 0.6) is 0 Å². The van der Waals surface area contributed by atoms with Gasteiger partial charge in [-0.05, 0) is 43.2 Å². The highest BCUT2D eigenvalue weighted by Gasteiger charge is 2.70. The molecular formula is C33H32N2O3. The van der Waals surface area contributed by atoms with E-state index in [1.165, 1.54) is 0 Å². The van der Waals surface area contributed by atoms with E-state index in [1.54, 1.807) is 0 Å². The van der Waals surface area contributed by atoms with Crippen molar-refractivity contribution in [1.29, 1.82) is 0 Å². The first-order valence-corrected chi connectivity index (χ1v) is 13.2. The first-order chi connectivity index (χ1) is 18.0. The summed E-state index contributed by atoms with van der Waals surface area (Å²) in [6.45, 7) is 9.68. The van der Waals surface area contributed by atoms with Crippen molar-refractivity contribution in [3.8, 4) is 0 Å². The van der Waals surface area contributed by atoms with Crippen LogP contribution in [-0.4, -0.2) is 29.6 Å². The minimum Gasteiger partial charge on any atom is -0.352 e. The fourth-order valence-electron chi connectivity index (χ4n) is 6.64. The van der Waals surface area contributed by atoms with Crippen LogP contribution in [-0.2, 0) is 15.0 Å². The number of carbonyl (C=O) groups is 3. The van der Waals surface area contributed by atoms with E-state index >= 15 is 0 Å². The van der Waals surface area contributed by atoms with Gasteiger partial charge in [0.1, 0.15) is 11.5 Å². The molecule has 1 N–H and O–H groups in total. The van der Waals surface area contributed by atoms with Crippen LogP contribution < -0.4 is 10.2 Å². The summed E-state index contributed by atoms with van der Waals surface area (Å²) in [6, 6.07) is 19.8. The number of hydrogen-bond donors (Lipinski definition) is 1. The maximum Gasteiger partial charge on any atom is 0.238 e. The summed E-state index contributed by atoms with van der Waals surface area (Å²) in [7, 11) is 0. The number of para-hydroxylation sites is 1. The molecule has 38 heavy (non-hydrogen) atoms. The first-order valence-electron chi connectivity index (χ1n) is 13.2. The van der Waals surface area contributed by atoms with Crippen LogP contribution >= 0.6 is 0 Å². The number of fused-ring (bicyclic) bond motifs is 6. The Kier molecular flexibility index (Phi) is 5.29. The molecule has 0 bridgehead atoms. The Balaban J connectivity index is 1.68. The normalized spacial score (nSPS) is 25.1. The maximum atomic E-state index is 14.6. The predicted molar refractivity (Wildman–Crippen MR) is 150 cm³/mol. The number of carbonyl (C=O) groups excluding carboxylic acids is 3. The van der Waals surface area contributed by atoms with E-state index < -0.39 is 28.8 Å². The second-order valence-corrected chi connectivity index (χ2v) is 11.9. The van der Waals surface area contributed by atoms with Crippen LogP contribution in [0.2, 0.25) is 0 Å². The number of Topliss-reactive ketones (excluding diaryl/α,β-unsaturated/α-hetero) is 2. The molecule has 1 fully saturated rings. The monoisotopic (exact) mass is 504 g/mol. The van der Waals surface area contributed by atoms with Crippen LogP contribution in [0.4, 0.5) is 11.4 Å². The van der Waals surface area contributed by atoms with Crippen LogP contribution in [0, 0.1) is 25.2 Å². The number of anilines is 2. The van der Waals surface area contributed by atoms with E-state index in [-0.39, 0.29) is 17.5 Å². The van der Waals surface area contributed by atoms with Crippen molar-refractivity contribution >= 4 is 34.9 Å². The molecule has 3 aromatic carbocycles. The molecular weight excluding hydrogens is 472 g/mol. The topological polar surface area (TPSA) is 66.5 Å². The van der Waals surface area contributed by atoms with Gasteiger partial charge in [-0.15, -0.1) is 0 Å². The minimum atomic E-state index is -1.26. The van der Waals surface area contributed by atoms with Gasteiger partial charge in [0.15, 0.2) is 11.6 Å². The molecule has 1 amide bonds. The van der Waals surface area contributed by atoms with E-state index in [0.29, 0.717) is 11.3 Å². The van der Waals surface area contributed by atoms with Crippen LogP contribution in [0.3, 0.4) is 0 Å². The summed E-state index contributed by atoms with van der Waals surface area (Å²) >= 11 is 0. The van der Waals surface area contributed by atoms with Crippen LogP contribution in [0.1, 0.15) is 53.4 Å². The van der Waals surface area contributed by atoms with Crippen molar-refractivity contribution in [2.75, 3.05) is 10.2 Å². The van der Waals surface area contributed by atoms with Gasteiger partial charge < -0.3 is 10.2 Å². The Labute approximate surface area is 223 Å². The molecule has 1 saturated heterocycles. The molecule has 5 nitrogen and oxygen atoms in total. The number of hydrogen-bond acceptors (Lipinski definition) is 4. The van der Waals surface area contributed by atoms with E-state index in [9.17, 15) is 14.4 Å². The minimum absolute atomic E-state index is 0.0520. The summed E-state index contributed by atoms with van der Waals surface area (Å²) in [5, 5.41) is 3.08. The lowest BCUT2D eigenvalue weighted by molar-refractivity contribution is -0.128. The smallest absolute Gasteiger partial charge is 0.238 e. The zero-order valence-electron chi connectivity index (χ0n) is 22.4. The Morgan fingerprint density at radius 3 is 2.32 bits per heavy atom. The number of amides is 1. The predicted octanol–water partition coefficient (Wildman–Crippen LogP) is 5.89. The second-order valence-electron chi connectivity index (χ2n) is 11.9. The van der Waals surface area contributed by atoms with Gasteiger partial charge in [-0.2, -0.15) is 0 Å². The average molecular weight is 505 g/mol. The molecule has 0 aliphatic carbocycles. The quantitative estimate of drug-likeness (QED) is 0.452. The van der Waals surface area contributed by atoms with Crippen molar-refractivity contribution < 1.29 is 14.4 Å². The first kappa shape index (κ1) is 24.4. The van der Waals surface area contributed by atoms with Crippen molar-refractivity contribution in [3.05, 3.63) is 101 Å². The van der Waals surface area contributed by atoms with Gasteiger partial charge in [-0.3, -0.25) is 14.4 Å². The standard InChI is InChI=1S/C33H32N2O3/c1-19-10-13-21(14-11-19)29(36)27-28(30(37)32(3,4)5)35-25-16-12-20(2)18-22(25)15-17-26(35)33(27)23-8-6-7-9-24(23)34-31(33)38/h6-18,26-28H,1-5H3,(H,34,38)/t26-,27-,28+,33+/m0/s1. The molecule has 192 valence electrons. The number of benzene rings is 3. The summed E-state index contributed by atoms with van der Waals surface area (Å²) in [4.78, 5) is 45.4. The molecule has 0 saturated carbocycles. The average Bonchev–Trinajstić information content (AvgIpc) is 3.35. The molecule has 3 aliphatic heterocycles. The van der Waals surface area contributed by atoms with E-state index in [2.05, 4.69) is 16.3 Å². The van der Waals surface area contributed by atoms with E-state index in [1.807, 2.05) is 107 Å². The molecule has 1 spiro atoms. The third-order valence-corrected chi connectivity index (χ3v) is 8.41. The van der Waals surface area contributed by atoms with Gasteiger partial charge in [-0.25, -0.2) is 0 Å². The zero-order valence-corrected chi connectivity index (χ0v) is 22.4. The van der Waals surface area contributed by atoms with Crippen molar-refractivity contribution in [2.45, 2.75) is 52.1 Å². The van der Waals surface area contributed by atoms with Gasteiger partial charge >= 0.3 is 0 Å². The number of nitrogens with one attached hydrogen (secondary N) is 1. The highest BCUT2D eigenvalue weighted by molar-refractivity contribution is 6.17. The largest absolute Gasteiger partial charge is 0.352 e. The number of ketones is 2. The summed E-state index contributed by atoms with van der Waals surface area (Å²) in [5.41, 5.74) is 4.00. The zero-order chi connectivity index (χ0) is 27.0. The van der Waals surface area contributed by atoms with Crippen molar-refractivity contribution in [1.82, 2.24) is 0 Å². The summed E-state index contributed by atoms with van der Waals surface area (Å²) < 4.78 is 0. The van der Waals surface area contributed by atoms with Gasteiger partial charge in [0.05, 0.1) is 12.0 Å². The fourth-order valence-corrected chi connectivity index (χ4v) is 6.64. The lowest BCUT2D eigenvalue weighted by Crippen LogP contribution is -2.51. The Morgan fingerprint density at radius 2 is 1.61 bits per heavy atom. The lowest BCUT2D eigenvalue weighted by Gasteiger charge is -2.38. The summed E-state index contributed by atoms with van der Waals surface area (Å²) in [5.74, 6) is -1.38.